The quantitative estimate of drug-likeness (QED) is 0.562. The van der Waals surface area contributed by atoms with Crippen LogP contribution in [0.15, 0.2) is 24.3 Å². The SMILES string of the molecule is CCC(O)c1sc(-c2ccc(C(F)(F)F)cc2)nc1CN1CCC(C(F)(F)F)CC1. The highest BCUT2D eigenvalue weighted by Crippen LogP contribution is 2.38. The summed E-state index contributed by atoms with van der Waals surface area (Å²) >= 11 is 1.20. The summed E-state index contributed by atoms with van der Waals surface area (Å²) < 4.78 is 77.0. The summed E-state index contributed by atoms with van der Waals surface area (Å²) in [5.74, 6) is -1.30. The second kappa shape index (κ2) is 8.84. The van der Waals surface area contributed by atoms with Gasteiger partial charge >= 0.3 is 12.4 Å². The standard InChI is InChI=1S/C20H22F6N2OS/c1-2-16(29)17-15(11-28-9-7-14(8-10-28)20(24,25)26)27-18(30-17)12-3-5-13(6-4-12)19(21,22)23/h3-6,14,16,29H,2,7-11H2,1H3. The van der Waals surface area contributed by atoms with Gasteiger partial charge in [-0.25, -0.2) is 4.98 Å². The molecular formula is C20H22F6N2OS. The number of piperidine rings is 1. The van der Waals surface area contributed by atoms with Gasteiger partial charge in [0.05, 0.1) is 28.2 Å². The third kappa shape index (κ3) is 5.33. The molecule has 1 unspecified atom stereocenters. The zero-order valence-corrected chi connectivity index (χ0v) is 17.0. The van der Waals surface area contributed by atoms with Crippen molar-refractivity contribution in [2.45, 2.75) is 51.2 Å². The van der Waals surface area contributed by atoms with Gasteiger partial charge in [0, 0.05) is 12.1 Å². The first-order valence-corrected chi connectivity index (χ1v) is 10.4. The molecule has 0 aliphatic carbocycles. The molecule has 1 aromatic carbocycles. The van der Waals surface area contributed by atoms with E-state index in [0.29, 0.717) is 34.1 Å². The number of halogens is 6. The first kappa shape index (κ1) is 23.0. The summed E-state index contributed by atoms with van der Waals surface area (Å²) in [7, 11) is 0. The molecule has 166 valence electrons. The molecular weight excluding hydrogens is 430 g/mol. The molecule has 1 aromatic heterocycles. The van der Waals surface area contributed by atoms with Crippen LogP contribution in [0.5, 0.6) is 0 Å². The van der Waals surface area contributed by atoms with E-state index in [9.17, 15) is 31.4 Å². The Hall–Kier alpha value is -1.65. The van der Waals surface area contributed by atoms with E-state index in [4.69, 9.17) is 0 Å². The van der Waals surface area contributed by atoms with Crippen molar-refractivity contribution in [2.75, 3.05) is 13.1 Å². The average Bonchev–Trinajstić information content (AvgIpc) is 3.10. The predicted octanol–water partition coefficient (Wildman–Crippen LogP) is 6.05. The fourth-order valence-electron chi connectivity index (χ4n) is 3.48. The minimum absolute atomic E-state index is 0.0189. The fourth-order valence-corrected chi connectivity index (χ4v) is 4.63. The Labute approximate surface area is 174 Å². The molecule has 2 aromatic rings. The third-order valence-electron chi connectivity index (χ3n) is 5.30. The van der Waals surface area contributed by atoms with Crippen molar-refractivity contribution in [1.82, 2.24) is 9.88 Å². The van der Waals surface area contributed by atoms with E-state index in [2.05, 4.69) is 4.98 Å². The monoisotopic (exact) mass is 452 g/mol. The van der Waals surface area contributed by atoms with E-state index in [1.807, 2.05) is 4.90 Å². The lowest BCUT2D eigenvalue weighted by Crippen LogP contribution is -2.38. The van der Waals surface area contributed by atoms with E-state index in [0.717, 1.165) is 12.1 Å². The molecule has 10 heteroatoms. The van der Waals surface area contributed by atoms with Crippen LogP contribution in [0.4, 0.5) is 26.3 Å². The Balaban J connectivity index is 1.79. The van der Waals surface area contributed by atoms with E-state index >= 15 is 0 Å². The highest BCUT2D eigenvalue weighted by atomic mass is 32.1. The van der Waals surface area contributed by atoms with Gasteiger partial charge in [-0.05, 0) is 44.5 Å². The maximum Gasteiger partial charge on any atom is 0.416 e. The second-order valence-corrected chi connectivity index (χ2v) is 8.45. The fraction of sp³-hybridized carbons (Fsp3) is 0.550. The van der Waals surface area contributed by atoms with Crippen LogP contribution in [0.3, 0.4) is 0 Å². The number of likely N-dealkylation sites (tertiary alicyclic amines) is 1. The average molecular weight is 452 g/mol. The van der Waals surface area contributed by atoms with Crippen molar-refractivity contribution in [1.29, 1.82) is 0 Å². The van der Waals surface area contributed by atoms with Gasteiger partial charge in [0.2, 0.25) is 0 Å². The number of aliphatic hydroxyl groups excluding tert-OH is 1. The number of alkyl halides is 6. The summed E-state index contributed by atoms with van der Waals surface area (Å²) in [4.78, 5) is 6.99. The molecule has 3 nitrogen and oxygen atoms in total. The summed E-state index contributed by atoms with van der Waals surface area (Å²) in [5.41, 5.74) is 0.304. The van der Waals surface area contributed by atoms with Crippen LogP contribution < -0.4 is 0 Å². The normalized spacial score (nSPS) is 18.0. The third-order valence-corrected chi connectivity index (χ3v) is 6.55. The van der Waals surface area contributed by atoms with E-state index < -0.39 is 29.9 Å². The van der Waals surface area contributed by atoms with E-state index in [1.165, 1.54) is 23.5 Å². The lowest BCUT2D eigenvalue weighted by atomic mass is 9.96. The van der Waals surface area contributed by atoms with Gasteiger partial charge < -0.3 is 5.11 Å². The number of nitrogens with zero attached hydrogens (tertiary/aromatic N) is 2. The van der Waals surface area contributed by atoms with Crippen LogP contribution in [0.1, 0.15) is 48.4 Å². The van der Waals surface area contributed by atoms with Crippen molar-refractivity contribution in [3.05, 3.63) is 40.4 Å². The van der Waals surface area contributed by atoms with Crippen LogP contribution in [0.2, 0.25) is 0 Å². The summed E-state index contributed by atoms with van der Waals surface area (Å²) in [6.07, 6.45) is -8.94. The maximum atomic E-state index is 12.9. The number of hydrogen-bond donors (Lipinski definition) is 1. The van der Waals surface area contributed by atoms with Crippen molar-refractivity contribution in [2.24, 2.45) is 5.92 Å². The second-order valence-electron chi connectivity index (χ2n) is 7.42. The number of thiazole rings is 1. The van der Waals surface area contributed by atoms with E-state index in [1.54, 1.807) is 6.92 Å². The molecule has 1 aliphatic rings. The van der Waals surface area contributed by atoms with Crippen molar-refractivity contribution >= 4 is 11.3 Å². The van der Waals surface area contributed by atoms with Crippen molar-refractivity contribution < 1.29 is 31.4 Å². The molecule has 1 fully saturated rings. The molecule has 0 amide bonds. The number of hydrogen-bond acceptors (Lipinski definition) is 4. The molecule has 0 spiro atoms. The highest BCUT2D eigenvalue weighted by Gasteiger charge is 2.41. The minimum atomic E-state index is -4.43. The molecule has 1 aliphatic heterocycles. The number of rotatable bonds is 5. The van der Waals surface area contributed by atoms with E-state index in [-0.39, 0.29) is 25.9 Å². The first-order chi connectivity index (χ1) is 14.0. The lowest BCUT2D eigenvalue weighted by Gasteiger charge is -2.32. The Kier molecular flexibility index (Phi) is 6.78. The Morgan fingerprint density at radius 2 is 1.70 bits per heavy atom. The topological polar surface area (TPSA) is 36.4 Å². The Morgan fingerprint density at radius 1 is 1.10 bits per heavy atom. The molecule has 0 bridgehead atoms. The molecule has 1 N–H and O–H groups in total. The van der Waals surface area contributed by atoms with Gasteiger partial charge in [0.15, 0.2) is 0 Å². The smallest absolute Gasteiger partial charge is 0.388 e. The maximum absolute atomic E-state index is 12.9. The minimum Gasteiger partial charge on any atom is -0.388 e. The number of benzene rings is 1. The zero-order chi connectivity index (χ0) is 22.1. The molecule has 1 atom stereocenters. The first-order valence-electron chi connectivity index (χ1n) is 9.63. The van der Waals surface area contributed by atoms with Crippen LogP contribution in [-0.4, -0.2) is 34.3 Å². The van der Waals surface area contributed by atoms with Crippen LogP contribution in [-0.2, 0) is 12.7 Å². The van der Waals surface area contributed by atoms with Gasteiger partial charge in [0.25, 0.3) is 0 Å². The van der Waals surface area contributed by atoms with Crippen LogP contribution in [0, 0.1) is 5.92 Å². The van der Waals surface area contributed by atoms with Crippen LogP contribution >= 0.6 is 11.3 Å². The number of aliphatic hydroxyl groups is 1. The van der Waals surface area contributed by atoms with Gasteiger partial charge in [-0.1, -0.05) is 19.1 Å². The van der Waals surface area contributed by atoms with Crippen LogP contribution in [0.25, 0.3) is 10.6 Å². The van der Waals surface area contributed by atoms with Crippen molar-refractivity contribution in [3.8, 4) is 10.6 Å². The molecule has 0 saturated carbocycles. The highest BCUT2D eigenvalue weighted by molar-refractivity contribution is 7.15. The molecule has 1 saturated heterocycles. The Bertz CT molecular complexity index is 838. The summed E-state index contributed by atoms with van der Waals surface area (Å²) in [6, 6.07) is 4.63. The number of aromatic nitrogens is 1. The zero-order valence-electron chi connectivity index (χ0n) is 16.2. The molecule has 3 rings (SSSR count). The van der Waals surface area contributed by atoms with Gasteiger partial charge in [-0.3, -0.25) is 4.90 Å². The van der Waals surface area contributed by atoms with Gasteiger partial charge in [-0.15, -0.1) is 11.3 Å². The van der Waals surface area contributed by atoms with Gasteiger partial charge in [0.1, 0.15) is 5.01 Å². The largest absolute Gasteiger partial charge is 0.416 e. The molecule has 30 heavy (non-hydrogen) atoms. The summed E-state index contributed by atoms with van der Waals surface area (Å²) in [5, 5.41) is 10.8. The van der Waals surface area contributed by atoms with Gasteiger partial charge in [-0.2, -0.15) is 26.3 Å². The molecule has 2 heterocycles. The lowest BCUT2D eigenvalue weighted by molar-refractivity contribution is -0.185. The summed E-state index contributed by atoms with van der Waals surface area (Å²) in [6.45, 7) is 2.65. The Morgan fingerprint density at radius 3 is 2.20 bits per heavy atom. The van der Waals surface area contributed by atoms with Crippen molar-refractivity contribution in [3.63, 3.8) is 0 Å². The molecule has 0 radical (unpaired) electrons. The predicted molar refractivity (Wildman–Crippen MR) is 102 cm³/mol.